The minimum Gasteiger partial charge on any atom is -0.482 e. The van der Waals surface area contributed by atoms with Crippen molar-refractivity contribution in [2.24, 2.45) is 0 Å². The Bertz CT molecular complexity index is 1760. The summed E-state index contributed by atoms with van der Waals surface area (Å²) in [5.74, 6) is 4.97. The lowest BCUT2D eigenvalue weighted by Crippen LogP contribution is -2.32. The number of hydrogen-bond donors (Lipinski definition) is 2. The third kappa shape index (κ3) is 8.96. The molecule has 0 spiro atoms. The van der Waals surface area contributed by atoms with E-state index in [9.17, 15) is 43.2 Å². The molecule has 1 aromatic heterocycles. The van der Waals surface area contributed by atoms with Crippen LogP contribution >= 0.6 is 0 Å². The van der Waals surface area contributed by atoms with Gasteiger partial charge >= 0.3 is 12.4 Å². The van der Waals surface area contributed by atoms with Crippen LogP contribution in [0.3, 0.4) is 0 Å². The molecule has 43 heavy (non-hydrogen) atoms. The number of hydrogen-bond acceptors (Lipinski definition) is 7. The first kappa shape index (κ1) is 32.3. The van der Waals surface area contributed by atoms with Crippen molar-refractivity contribution in [2.75, 3.05) is 41.5 Å². The highest BCUT2D eigenvalue weighted by Crippen LogP contribution is 2.32. The second-order valence-electron chi connectivity index (χ2n) is 10.0. The number of alkyl halides is 6. The molecule has 0 saturated carbocycles. The van der Waals surface area contributed by atoms with Gasteiger partial charge in [-0.3, -0.25) is 0 Å². The highest BCUT2D eigenvalue weighted by atomic mass is 32.2. The Morgan fingerprint density at radius 2 is 1.70 bits per heavy atom. The zero-order chi connectivity index (χ0) is 31.6. The van der Waals surface area contributed by atoms with Crippen LogP contribution in [0.5, 0.6) is 5.75 Å². The summed E-state index contributed by atoms with van der Waals surface area (Å²) >= 11 is 0. The van der Waals surface area contributed by atoms with Gasteiger partial charge in [-0.05, 0) is 49.1 Å². The van der Waals surface area contributed by atoms with Gasteiger partial charge in [0.15, 0.2) is 16.4 Å². The molecule has 2 N–H and O–H groups in total. The molecule has 0 amide bonds. The molecule has 1 aliphatic heterocycles. The topological polar surface area (TPSA) is 107 Å². The maximum atomic E-state index is 13.5. The largest absolute Gasteiger partial charge is 0.482 e. The molecule has 234 valence electrons. The Morgan fingerprint density at radius 1 is 1.00 bits per heavy atom. The summed E-state index contributed by atoms with van der Waals surface area (Å²) in [5, 5.41) is 6.41. The SMILES string of the molecule is CS(=O)(=O)c1ccc(NCC#Cc2cc3c(NC4CCS(=O)(=O)CC4)cccc3n2CC(F)(F)F)c(OCC(F)(F)F)c1. The monoisotopic (exact) mass is 651 g/mol. The zero-order valence-electron chi connectivity index (χ0n) is 22.6. The minimum atomic E-state index is -4.69. The lowest BCUT2D eigenvalue weighted by Gasteiger charge is -2.24. The van der Waals surface area contributed by atoms with Crippen LogP contribution in [0.4, 0.5) is 37.7 Å². The fraction of sp³-hybridized carbons (Fsp3) is 0.407. The standard InChI is InChI=1S/C27H27F6N3O5S2/c1-42(37,38)20-7-8-23(25(15-20)41-17-27(31,32)33)34-11-3-4-19-14-21-22(35-18-9-12-43(39,40)13-10-18)5-2-6-24(21)36(19)16-26(28,29)30/h2,5-8,14-15,18,34-35H,9-13,16-17H2,1H3. The van der Waals surface area contributed by atoms with Crippen LogP contribution in [0.1, 0.15) is 18.5 Å². The van der Waals surface area contributed by atoms with Gasteiger partial charge in [-0.15, -0.1) is 0 Å². The number of nitrogens with zero attached hydrogens (tertiary/aromatic N) is 1. The Kier molecular flexibility index (Phi) is 9.17. The van der Waals surface area contributed by atoms with Crippen LogP contribution in [0.25, 0.3) is 10.9 Å². The van der Waals surface area contributed by atoms with Crippen molar-refractivity contribution in [1.29, 1.82) is 0 Å². The molecule has 1 saturated heterocycles. The van der Waals surface area contributed by atoms with Gasteiger partial charge in [-0.1, -0.05) is 12.0 Å². The molecule has 4 rings (SSSR count). The molecule has 1 fully saturated rings. The number of aromatic nitrogens is 1. The van der Waals surface area contributed by atoms with Gasteiger partial charge in [-0.2, -0.15) is 26.3 Å². The van der Waals surface area contributed by atoms with Crippen LogP contribution in [0, 0.1) is 11.8 Å². The molecule has 2 heterocycles. The van der Waals surface area contributed by atoms with E-state index in [2.05, 4.69) is 22.5 Å². The lowest BCUT2D eigenvalue weighted by atomic mass is 10.1. The molecule has 1 aliphatic rings. The van der Waals surface area contributed by atoms with E-state index >= 15 is 0 Å². The van der Waals surface area contributed by atoms with Gasteiger partial charge < -0.3 is 19.9 Å². The molecule has 8 nitrogen and oxygen atoms in total. The van der Waals surface area contributed by atoms with E-state index in [1.807, 2.05) is 0 Å². The van der Waals surface area contributed by atoms with Crippen LogP contribution in [0.15, 0.2) is 47.4 Å². The fourth-order valence-corrected chi connectivity index (χ4v) is 6.68. The van der Waals surface area contributed by atoms with Gasteiger partial charge in [0.1, 0.15) is 22.1 Å². The summed E-state index contributed by atoms with van der Waals surface area (Å²) in [6, 6.07) is 9.39. The molecule has 0 atom stereocenters. The number of ether oxygens (including phenoxy) is 1. The summed E-state index contributed by atoms with van der Waals surface area (Å²) < 4.78 is 132. The van der Waals surface area contributed by atoms with E-state index < -0.39 is 45.2 Å². The number of nitrogens with one attached hydrogen (secondary N) is 2. The van der Waals surface area contributed by atoms with Crippen LogP contribution in [-0.4, -0.2) is 70.7 Å². The first-order chi connectivity index (χ1) is 19.9. The van der Waals surface area contributed by atoms with Crippen LogP contribution in [0.2, 0.25) is 0 Å². The van der Waals surface area contributed by atoms with Crippen LogP contribution in [-0.2, 0) is 26.2 Å². The second kappa shape index (κ2) is 12.2. The van der Waals surface area contributed by atoms with E-state index in [-0.39, 0.29) is 51.6 Å². The summed E-state index contributed by atoms with van der Waals surface area (Å²) in [7, 11) is -6.86. The van der Waals surface area contributed by atoms with Gasteiger partial charge in [-0.25, -0.2) is 16.8 Å². The predicted molar refractivity (Wildman–Crippen MR) is 150 cm³/mol. The number of sulfone groups is 2. The minimum absolute atomic E-state index is 0.00256. The number of rotatable bonds is 8. The first-order valence-electron chi connectivity index (χ1n) is 12.8. The van der Waals surface area contributed by atoms with Crippen molar-refractivity contribution in [3.8, 4) is 17.6 Å². The van der Waals surface area contributed by atoms with Crippen LogP contribution < -0.4 is 15.4 Å². The number of benzene rings is 2. The van der Waals surface area contributed by atoms with Crippen molar-refractivity contribution >= 4 is 42.0 Å². The van der Waals surface area contributed by atoms with E-state index in [1.54, 1.807) is 12.1 Å². The quantitative estimate of drug-likeness (QED) is 0.261. The molecule has 3 aromatic rings. The fourth-order valence-electron chi connectivity index (χ4n) is 4.55. The maximum Gasteiger partial charge on any atom is 0.422 e. The highest BCUT2D eigenvalue weighted by Gasteiger charge is 2.31. The summed E-state index contributed by atoms with van der Waals surface area (Å²) in [5.41, 5.74) is 0.807. The van der Waals surface area contributed by atoms with E-state index in [0.29, 0.717) is 23.9 Å². The summed E-state index contributed by atoms with van der Waals surface area (Å²) in [4.78, 5) is -0.266. The predicted octanol–water partition coefficient (Wildman–Crippen LogP) is 5.00. The third-order valence-corrected chi connectivity index (χ3v) is 9.38. The summed E-state index contributed by atoms with van der Waals surface area (Å²) in [6.07, 6.45) is -7.66. The zero-order valence-corrected chi connectivity index (χ0v) is 24.3. The van der Waals surface area contributed by atoms with Gasteiger partial charge in [0.25, 0.3) is 0 Å². The molecule has 0 unspecified atom stereocenters. The normalized spacial score (nSPS) is 16.0. The van der Waals surface area contributed by atoms with E-state index in [0.717, 1.165) is 16.9 Å². The number of anilines is 2. The van der Waals surface area contributed by atoms with Gasteiger partial charge in [0.05, 0.1) is 39.8 Å². The smallest absolute Gasteiger partial charge is 0.422 e. The molecule has 0 radical (unpaired) electrons. The average molecular weight is 652 g/mol. The molecule has 0 bridgehead atoms. The molecular weight excluding hydrogens is 624 g/mol. The molecule has 0 aliphatic carbocycles. The Hall–Kier alpha value is -3.58. The second-order valence-corrected chi connectivity index (χ2v) is 14.3. The van der Waals surface area contributed by atoms with Gasteiger partial charge in [0, 0.05) is 29.4 Å². The van der Waals surface area contributed by atoms with Crippen molar-refractivity contribution in [1.82, 2.24) is 4.57 Å². The lowest BCUT2D eigenvalue weighted by molar-refractivity contribution is -0.153. The Morgan fingerprint density at radius 3 is 2.33 bits per heavy atom. The maximum absolute atomic E-state index is 13.5. The Labute approximate surface area is 244 Å². The van der Waals surface area contributed by atoms with Crippen molar-refractivity contribution < 1.29 is 47.9 Å². The average Bonchev–Trinajstić information content (AvgIpc) is 3.22. The highest BCUT2D eigenvalue weighted by molar-refractivity contribution is 7.91. The number of halogens is 6. The Balaban J connectivity index is 1.60. The number of fused-ring (bicyclic) bond motifs is 1. The first-order valence-corrected chi connectivity index (χ1v) is 16.5. The van der Waals surface area contributed by atoms with Crippen molar-refractivity contribution in [3.05, 3.63) is 48.2 Å². The van der Waals surface area contributed by atoms with Gasteiger partial charge in [0.2, 0.25) is 0 Å². The van der Waals surface area contributed by atoms with Crippen molar-refractivity contribution in [2.45, 2.75) is 42.7 Å². The molecular formula is C27H27F6N3O5S2. The van der Waals surface area contributed by atoms with E-state index in [4.69, 9.17) is 4.74 Å². The molecule has 2 aromatic carbocycles. The summed E-state index contributed by atoms with van der Waals surface area (Å²) in [6.45, 7) is -3.23. The molecule has 16 heteroatoms. The van der Waals surface area contributed by atoms with Crippen molar-refractivity contribution in [3.63, 3.8) is 0 Å². The van der Waals surface area contributed by atoms with E-state index in [1.165, 1.54) is 24.3 Å². The third-order valence-electron chi connectivity index (χ3n) is 6.55.